The summed E-state index contributed by atoms with van der Waals surface area (Å²) in [7, 11) is -3.95. The predicted octanol–water partition coefficient (Wildman–Crippen LogP) is 1.35. The molecule has 0 bridgehead atoms. The van der Waals surface area contributed by atoms with Gasteiger partial charge in [0.2, 0.25) is 0 Å². The minimum Gasteiger partial charge on any atom is -0.395 e. The first-order valence-electron chi connectivity index (χ1n) is 5.84. The highest BCUT2D eigenvalue weighted by Gasteiger charge is 2.19. The summed E-state index contributed by atoms with van der Waals surface area (Å²) in [5, 5.41) is 12.1. The number of benzene rings is 1. The molecule has 0 radical (unpaired) electrons. The molecule has 0 spiro atoms. The van der Waals surface area contributed by atoms with Crippen molar-refractivity contribution in [3.8, 4) is 11.8 Å². The van der Waals surface area contributed by atoms with Crippen molar-refractivity contribution in [1.29, 1.82) is 0 Å². The molecule has 1 aromatic carbocycles. The van der Waals surface area contributed by atoms with Crippen molar-refractivity contribution in [3.63, 3.8) is 0 Å². The number of nitrogens with one attached hydrogen (secondary N) is 1. The highest BCUT2D eigenvalue weighted by molar-refractivity contribution is 7.92. The van der Waals surface area contributed by atoms with Gasteiger partial charge in [0.15, 0.2) is 0 Å². The fourth-order valence-electron chi connectivity index (χ4n) is 1.51. The van der Waals surface area contributed by atoms with Gasteiger partial charge < -0.3 is 9.63 Å². The Balaban J connectivity index is 2.41. The van der Waals surface area contributed by atoms with Crippen LogP contribution in [0.3, 0.4) is 0 Å². The van der Waals surface area contributed by atoms with Gasteiger partial charge >= 0.3 is 0 Å². The van der Waals surface area contributed by atoms with Crippen LogP contribution in [0.4, 0.5) is 10.1 Å². The van der Waals surface area contributed by atoms with Gasteiger partial charge in [0.05, 0.1) is 12.8 Å². The Labute approximate surface area is 120 Å². The molecule has 0 atom stereocenters. The molecule has 0 aliphatic carbocycles. The number of sulfonamides is 1. The van der Waals surface area contributed by atoms with E-state index in [-0.39, 0.29) is 29.2 Å². The molecule has 0 aliphatic heterocycles. The predicted molar refractivity (Wildman–Crippen MR) is 72.3 cm³/mol. The number of halogens is 1. The molecule has 2 rings (SSSR count). The van der Waals surface area contributed by atoms with E-state index in [0.29, 0.717) is 0 Å². The highest BCUT2D eigenvalue weighted by atomic mass is 32.2. The van der Waals surface area contributed by atoms with E-state index < -0.39 is 15.8 Å². The maximum absolute atomic E-state index is 13.3. The molecule has 6 nitrogen and oxygen atoms in total. The Morgan fingerprint density at radius 2 is 2.24 bits per heavy atom. The second-order valence-electron chi connectivity index (χ2n) is 3.93. The molecule has 0 fully saturated rings. The van der Waals surface area contributed by atoms with E-state index in [9.17, 15) is 12.8 Å². The molecule has 1 heterocycles. The van der Waals surface area contributed by atoms with E-state index >= 15 is 0 Å². The van der Waals surface area contributed by atoms with E-state index in [1.54, 1.807) is 0 Å². The summed E-state index contributed by atoms with van der Waals surface area (Å²) < 4.78 is 44.5. The van der Waals surface area contributed by atoms with Crippen LogP contribution in [0.2, 0.25) is 0 Å². The Kier molecular flexibility index (Phi) is 4.57. The zero-order valence-electron chi connectivity index (χ0n) is 10.7. The van der Waals surface area contributed by atoms with Crippen LogP contribution in [0, 0.1) is 17.7 Å². The molecular weight excluding hydrogens is 299 g/mol. The van der Waals surface area contributed by atoms with Gasteiger partial charge in [-0.1, -0.05) is 17.0 Å². The van der Waals surface area contributed by atoms with Gasteiger partial charge in [0.1, 0.15) is 22.7 Å². The Hall–Kier alpha value is -2.37. The minimum atomic E-state index is -3.95. The molecule has 2 N–H and O–H groups in total. The number of rotatable bonds is 4. The number of aliphatic hydroxyl groups excluding tert-OH is 1. The van der Waals surface area contributed by atoms with Crippen molar-refractivity contribution >= 4 is 15.7 Å². The number of anilines is 1. The molecule has 21 heavy (non-hydrogen) atoms. The molecule has 0 saturated heterocycles. The second kappa shape index (κ2) is 6.39. The number of aliphatic hydroxyl groups is 1. The molecule has 2 aromatic rings. The first-order chi connectivity index (χ1) is 10.0. The third-order valence-corrected chi connectivity index (χ3v) is 3.81. The zero-order chi connectivity index (χ0) is 15.3. The summed E-state index contributed by atoms with van der Waals surface area (Å²) in [6.07, 6.45) is 2.48. The van der Waals surface area contributed by atoms with Gasteiger partial charge in [-0.2, -0.15) is 0 Å². The molecular formula is C13H11FN2O4S. The van der Waals surface area contributed by atoms with Crippen molar-refractivity contribution in [2.75, 3.05) is 11.3 Å². The van der Waals surface area contributed by atoms with Crippen molar-refractivity contribution in [3.05, 3.63) is 42.0 Å². The van der Waals surface area contributed by atoms with Crippen LogP contribution in [0.25, 0.3) is 0 Å². The fraction of sp³-hybridized carbons (Fsp3) is 0.154. The van der Waals surface area contributed by atoms with E-state index in [4.69, 9.17) is 5.11 Å². The monoisotopic (exact) mass is 310 g/mol. The normalized spacial score (nSPS) is 10.8. The van der Waals surface area contributed by atoms with Crippen LogP contribution in [0.5, 0.6) is 0 Å². The minimum absolute atomic E-state index is 0.00686. The van der Waals surface area contributed by atoms with E-state index in [1.807, 2.05) is 0 Å². The number of nitrogens with zero attached hydrogens (tertiary/aromatic N) is 1. The average Bonchev–Trinajstić information content (AvgIpc) is 2.91. The van der Waals surface area contributed by atoms with E-state index in [2.05, 4.69) is 26.2 Å². The van der Waals surface area contributed by atoms with Gasteiger partial charge in [0, 0.05) is 12.0 Å². The van der Waals surface area contributed by atoms with Gasteiger partial charge in [-0.3, -0.25) is 4.72 Å². The third-order valence-electron chi connectivity index (χ3n) is 2.38. The molecule has 1 aromatic heterocycles. The molecule has 0 saturated carbocycles. The van der Waals surface area contributed by atoms with Crippen LogP contribution in [-0.2, 0) is 10.0 Å². The maximum atomic E-state index is 13.3. The third kappa shape index (κ3) is 3.81. The molecule has 8 heteroatoms. The smallest absolute Gasteiger partial charge is 0.263 e. The van der Waals surface area contributed by atoms with Crippen LogP contribution in [-0.4, -0.2) is 25.3 Å². The van der Waals surface area contributed by atoms with Crippen LogP contribution < -0.4 is 4.72 Å². The van der Waals surface area contributed by atoms with E-state index in [1.165, 1.54) is 6.20 Å². The quantitative estimate of drug-likeness (QED) is 0.832. The summed E-state index contributed by atoms with van der Waals surface area (Å²) in [6, 6.07) is 3.17. The lowest BCUT2D eigenvalue weighted by atomic mass is 10.2. The fourth-order valence-corrected chi connectivity index (χ4v) is 2.68. The number of aromatic nitrogens is 1. The molecule has 0 aliphatic rings. The summed E-state index contributed by atoms with van der Waals surface area (Å²) >= 11 is 0. The first-order valence-corrected chi connectivity index (χ1v) is 7.33. The first kappa shape index (κ1) is 15.0. The average molecular weight is 310 g/mol. The Morgan fingerprint density at radius 3 is 2.90 bits per heavy atom. The second-order valence-corrected chi connectivity index (χ2v) is 5.59. The molecule has 0 amide bonds. The maximum Gasteiger partial charge on any atom is 0.263 e. The van der Waals surface area contributed by atoms with Crippen LogP contribution in [0.1, 0.15) is 12.0 Å². The molecule has 0 unspecified atom stereocenters. The molecule has 110 valence electrons. The van der Waals surface area contributed by atoms with Crippen LogP contribution in [0.15, 0.2) is 40.1 Å². The summed E-state index contributed by atoms with van der Waals surface area (Å²) in [6.45, 7) is -0.163. The van der Waals surface area contributed by atoms with Crippen molar-refractivity contribution < 1.29 is 22.4 Å². The standard InChI is InChI=1S/C13H11FN2O4S/c14-11-4-5-13(10(7-11)3-1-2-6-17)21(18,19)16-12-8-15-20-9-12/h4-5,7-9,16-17H,2,6H2. The van der Waals surface area contributed by atoms with Gasteiger partial charge in [-0.25, -0.2) is 12.8 Å². The lowest BCUT2D eigenvalue weighted by molar-refractivity contribution is 0.305. The number of hydrogen-bond acceptors (Lipinski definition) is 5. The Bertz CT molecular complexity index is 776. The Morgan fingerprint density at radius 1 is 1.43 bits per heavy atom. The zero-order valence-corrected chi connectivity index (χ0v) is 11.5. The van der Waals surface area contributed by atoms with Crippen LogP contribution >= 0.6 is 0 Å². The lowest BCUT2D eigenvalue weighted by Crippen LogP contribution is -2.14. The SMILES string of the molecule is O=S(=O)(Nc1cnoc1)c1ccc(F)cc1C#CCCO. The summed E-state index contributed by atoms with van der Waals surface area (Å²) in [4.78, 5) is -0.171. The summed E-state index contributed by atoms with van der Waals surface area (Å²) in [5.74, 6) is 4.49. The van der Waals surface area contributed by atoms with E-state index in [0.717, 1.165) is 24.5 Å². The van der Waals surface area contributed by atoms with Crippen molar-refractivity contribution in [1.82, 2.24) is 5.16 Å². The van der Waals surface area contributed by atoms with Gasteiger partial charge in [0.25, 0.3) is 10.0 Å². The lowest BCUT2D eigenvalue weighted by Gasteiger charge is -2.07. The van der Waals surface area contributed by atoms with Gasteiger partial charge in [-0.15, -0.1) is 0 Å². The van der Waals surface area contributed by atoms with Crippen molar-refractivity contribution in [2.24, 2.45) is 0 Å². The van der Waals surface area contributed by atoms with Crippen molar-refractivity contribution in [2.45, 2.75) is 11.3 Å². The van der Waals surface area contributed by atoms with Gasteiger partial charge in [-0.05, 0) is 18.2 Å². The number of hydrogen-bond donors (Lipinski definition) is 2. The summed E-state index contributed by atoms with van der Waals surface area (Å²) in [5.41, 5.74) is 0.154. The largest absolute Gasteiger partial charge is 0.395 e. The highest BCUT2D eigenvalue weighted by Crippen LogP contribution is 2.20. The topological polar surface area (TPSA) is 92.4 Å².